The number of para-hydroxylation sites is 1. The van der Waals surface area contributed by atoms with Crippen molar-refractivity contribution in [3.63, 3.8) is 0 Å². The molecule has 0 amide bonds. The number of hydrogen-bond donors (Lipinski definition) is 2. The molecular formula is C8H6F3N3O2S. The molecule has 1 heterocycles. The molecule has 2 aromatic rings. The van der Waals surface area contributed by atoms with Gasteiger partial charge in [-0.15, -0.1) is 0 Å². The molecule has 0 saturated heterocycles. The van der Waals surface area contributed by atoms with Gasteiger partial charge in [-0.2, -0.15) is 18.3 Å². The van der Waals surface area contributed by atoms with E-state index in [1.807, 2.05) is 5.10 Å². The van der Waals surface area contributed by atoms with Crippen molar-refractivity contribution in [2.75, 3.05) is 0 Å². The summed E-state index contributed by atoms with van der Waals surface area (Å²) >= 11 is 0. The molecule has 0 radical (unpaired) electrons. The van der Waals surface area contributed by atoms with Gasteiger partial charge in [-0.25, -0.2) is 13.6 Å². The van der Waals surface area contributed by atoms with E-state index in [-0.39, 0.29) is 5.39 Å². The molecule has 2 rings (SSSR count). The van der Waals surface area contributed by atoms with Gasteiger partial charge in [0.2, 0.25) is 0 Å². The monoisotopic (exact) mass is 265 g/mol. The van der Waals surface area contributed by atoms with Gasteiger partial charge in [-0.05, 0) is 12.1 Å². The molecule has 92 valence electrons. The molecule has 0 spiro atoms. The Bertz CT molecular complexity index is 675. The van der Waals surface area contributed by atoms with E-state index in [1.165, 1.54) is 6.07 Å². The lowest BCUT2D eigenvalue weighted by molar-refractivity contribution is -0.136. The van der Waals surface area contributed by atoms with Gasteiger partial charge in [0.1, 0.15) is 5.52 Å². The van der Waals surface area contributed by atoms with E-state index in [2.05, 4.69) is 5.10 Å². The Morgan fingerprint density at radius 1 is 1.29 bits per heavy atom. The molecule has 0 saturated carbocycles. The zero-order valence-electron chi connectivity index (χ0n) is 8.12. The molecule has 0 fully saturated rings. The third-order valence-electron chi connectivity index (χ3n) is 2.14. The molecule has 0 bridgehead atoms. The van der Waals surface area contributed by atoms with E-state index in [0.29, 0.717) is 0 Å². The number of alkyl halides is 3. The lowest BCUT2D eigenvalue weighted by Crippen LogP contribution is -2.13. The van der Waals surface area contributed by atoms with Crippen molar-refractivity contribution < 1.29 is 21.6 Å². The van der Waals surface area contributed by atoms with E-state index < -0.39 is 32.3 Å². The van der Waals surface area contributed by atoms with Crippen LogP contribution in [-0.2, 0) is 16.2 Å². The van der Waals surface area contributed by atoms with Crippen molar-refractivity contribution >= 4 is 20.9 Å². The van der Waals surface area contributed by atoms with Crippen LogP contribution in [0.1, 0.15) is 5.56 Å². The first-order valence-electron chi connectivity index (χ1n) is 4.28. The Morgan fingerprint density at radius 2 is 1.94 bits per heavy atom. The van der Waals surface area contributed by atoms with Crippen LogP contribution in [0.15, 0.2) is 23.2 Å². The second-order valence-corrected chi connectivity index (χ2v) is 4.80. The Kier molecular flexibility index (Phi) is 2.40. The van der Waals surface area contributed by atoms with E-state index in [0.717, 1.165) is 12.1 Å². The smallest absolute Gasteiger partial charge is 0.265 e. The van der Waals surface area contributed by atoms with Crippen molar-refractivity contribution in [2.45, 2.75) is 11.2 Å². The molecule has 17 heavy (non-hydrogen) atoms. The molecule has 5 nitrogen and oxygen atoms in total. The Labute approximate surface area is 93.5 Å². The van der Waals surface area contributed by atoms with Gasteiger partial charge < -0.3 is 0 Å². The van der Waals surface area contributed by atoms with Crippen LogP contribution in [0.5, 0.6) is 0 Å². The summed E-state index contributed by atoms with van der Waals surface area (Å²) < 4.78 is 60.0. The highest BCUT2D eigenvalue weighted by Crippen LogP contribution is 2.34. The van der Waals surface area contributed by atoms with E-state index >= 15 is 0 Å². The van der Waals surface area contributed by atoms with Crippen molar-refractivity contribution in [1.29, 1.82) is 0 Å². The highest BCUT2D eigenvalue weighted by Gasteiger charge is 2.34. The van der Waals surface area contributed by atoms with E-state index in [1.54, 1.807) is 0 Å². The predicted octanol–water partition coefficient (Wildman–Crippen LogP) is 1.23. The van der Waals surface area contributed by atoms with Gasteiger partial charge in [-0.1, -0.05) is 6.07 Å². The minimum absolute atomic E-state index is 0.178. The first-order valence-corrected chi connectivity index (χ1v) is 5.83. The molecule has 0 unspecified atom stereocenters. The molecule has 9 heteroatoms. The van der Waals surface area contributed by atoms with E-state index in [4.69, 9.17) is 5.14 Å². The van der Waals surface area contributed by atoms with Crippen LogP contribution < -0.4 is 5.14 Å². The molecule has 0 atom stereocenters. The number of nitrogens with two attached hydrogens (primary N) is 1. The highest BCUT2D eigenvalue weighted by atomic mass is 32.2. The van der Waals surface area contributed by atoms with Gasteiger partial charge in [0.15, 0.2) is 5.03 Å². The summed E-state index contributed by atoms with van der Waals surface area (Å²) in [6.45, 7) is 0. The van der Waals surface area contributed by atoms with Crippen LogP contribution in [0, 0.1) is 0 Å². The van der Waals surface area contributed by atoms with Gasteiger partial charge in [0, 0.05) is 5.39 Å². The van der Waals surface area contributed by atoms with Gasteiger partial charge in [-0.3, -0.25) is 5.10 Å². The third-order valence-corrected chi connectivity index (χ3v) is 3.02. The Morgan fingerprint density at radius 3 is 2.47 bits per heavy atom. The first kappa shape index (κ1) is 11.9. The van der Waals surface area contributed by atoms with Crippen molar-refractivity contribution in [3.8, 4) is 0 Å². The highest BCUT2D eigenvalue weighted by molar-refractivity contribution is 7.89. The second kappa shape index (κ2) is 3.44. The normalized spacial score (nSPS) is 13.2. The second-order valence-electron chi connectivity index (χ2n) is 3.30. The Hall–Kier alpha value is -1.61. The average Bonchev–Trinajstić information content (AvgIpc) is 2.57. The summed E-state index contributed by atoms with van der Waals surface area (Å²) in [4.78, 5) is 0. The fraction of sp³-hybridized carbons (Fsp3) is 0.125. The maximum Gasteiger partial charge on any atom is 0.418 e. The molecule has 0 aliphatic rings. The quantitative estimate of drug-likeness (QED) is 0.812. The zero-order chi connectivity index (χ0) is 12.8. The molecular weight excluding hydrogens is 259 g/mol. The minimum atomic E-state index is -4.61. The molecule has 1 aromatic heterocycles. The number of H-pyrrole nitrogens is 1. The number of fused-ring (bicyclic) bond motifs is 1. The average molecular weight is 265 g/mol. The fourth-order valence-electron chi connectivity index (χ4n) is 1.46. The summed E-state index contributed by atoms with van der Waals surface area (Å²) in [6, 6.07) is 3.11. The lowest BCUT2D eigenvalue weighted by Gasteiger charge is -2.06. The summed E-state index contributed by atoms with van der Waals surface area (Å²) in [7, 11) is -4.13. The Balaban J connectivity index is 2.83. The number of hydrogen-bond acceptors (Lipinski definition) is 3. The van der Waals surface area contributed by atoms with Crippen LogP contribution in [0.3, 0.4) is 0 Å². The molecule has 3 N–H and O–H groups in total. The van der Waals surface area contributed by atoms with Crippen molar-refractivity contribution in [1.82, 2.24) is 10.2 Å². The largest absolute Gasteiger partial charge is 0.418 e. The fourth-order valence-corrected chi connectivity index (χ4v) is 2.10. The number of halogens is 3. The predicted molar refractivity (Wildman–Crippen MR) is 52.5 cm³/mol. The SMILES string of the molecule is NS(=O)(=O)c1[nH]nc2c(C(F)(F)F)cccc12. The maximum atomic E-state index is 12.6. The van der Waals surface area contributed by atoms with Crippen molar-refractivity contribution in [2.24, 2.45) is 5.14 Å². The number of aromatic nitrogens is 2. The number of rotatable bonds is 1. The minimum Gasteiger partial charge on any atom is -0.265 e. The summed E-state index contributed by atoms with van der Waals surface area (Å²) in [5, 5.41) is 9.49. The topological polar surface area (TPSA) is 88.8 Å². The summed E-state index contributed by atoms with van der Waals surface area (Å²) in [5.41, 5.74) is -1.48. The van der Waals surface area contributed by atoms with Crippen molar-refractivity contribution in [3.05, 3.63) is 23.8 Å². The number of nitrogens with one attached hydrogen (secondary N) is 1. The standard InChI is InChI=1S/C8H6F3N3O2S/c9-8(10,11)5-3-1-2-4-6(5)13-14-7(4)17(12,15)16/h1-3H,(H,13,14)(H2,12,15,16). The van der Waals surface area contributed by atoms with E-state index in [9.17, 15) is 21.6 Å². The third kappa shape index (κ3) is 1.98. The number of primary sulfonamides is 1. The molecule has 1 aromatic carbocycles. The van der Waals surface area contributed by atoms with Crippen LogP contribution in [0.25, 0.3) is 10.9 Å². The molecule has 0 aliphatic carbocycles. The van der Waals surface area contributed by atoms with Crippen LogP contribution in [-0.4, -0.2) is 18.6 Å². The number of benzene rings is 1. The number of sulfonamides is 1. The number of aromatic amines is 1. The van der Waals surface area contributed by atoms with Gasteiger partial charge in [0.25, 0.3) is 10.0 Å². The lowest BCUT2D eigenvalue weighted by atomic mass is 10.1. The summed E-state index contributed by atoms with van der Waals surface area (Å²) in [5.74, 6) is 0. The van der Waals surface area contributed by atoms with Crippen LogP contribution in [0.4, 0.5) is 13.2 Å². The van der Waals surface area contributed by atoms with Gasteiger partial charge >= 0.3 is 6.18 Å². The zero-order valence-corrected chi connectivity index (χ0v) is 8.93. The first-order chi connectivity index (χ1) is 7.71. The summed E-state index contributed by atoms with van der Waals surface area (Å²) in [6.07, 6.45) is -4.61. The van der Waals surface area contributed by atoms with Crippen LogP contribution in [0.2, 0.25) is 0 Å². The van der Waals surface area contributed by atoms with Crippen LogP contribution >= 0.6 is 0 Å². The molecule has 0 aliphatic heterocycles. The van der Waals surface area contributed by atoms with Gasteiger partial charge in [0.05, 0.1) is 5.56 Å². The number of nitrogens with zero attached hydrogens (tertiary/aromatic N) is 1. The maximum absolute atomic E-state index is 12.6.